The zero-order valence-corrected chi connectivity index (χ0v) is 9.17. The number of carbonyl (C=O) groups is 1. The molecule has 0 saturated carbocycles. The SMILES string of the molecule is Nc1cc(F)cc(F)c1NC(=O)N1CCCC1. The summed E-state index contributed by atoms with van der Waals surface area (Å²) < 4.78 is 26.2. The highest BCUT2D eigenvalue weighted by molar-refractivity contribution is 5.92. The van der Waals surface area contributed by atoms with E-state index in [1.54, 1.807) is 4.90 Å². The predicted octanol–water partition coefficient (Wildman–Crippen LogP) is 2.17. The molecule has 6 heteroatoms. The molecule has 0 spiro atoms. The second-order valence-corrected chi connectivity index (χ2v) is 3.98. The fourth-order valence-electron chi connectivity index (χ4n) is 1.83. The second kappa shape index (κ2) is 4.57. The first-order chi connectivity index (χ1) is 8.08. The minimum Gasteiger partial charge on any atom is -0.397 e. The maximum absolute atomic E-state index is 13.4. The summed E-state index contributed by atoms with van der Waals surface area (Å²) in [4.78, 5) is 13.3. The van der Waals surface area contributed by atoms with Gasteiger partial charge >= 0.3 is 6.03 Å². The minimum absolute atomic E-state index is 0.116. The van der Waals surface area contributed by atoms with E-state index >= 15 is 0 Å². The van der Waals surface area contributed by atoms with Crippen LogP contribution in [0.3, 0.4) is 0 Å². The van der Waals surface area contributed by atoms with E-state index < -0.39 is 17.7 Å². The summed E-state index contributed by atoms with van der Waals surface area (Å²) in [5, 5.41) is 2.37. The molecule has 0 radical (unpaired) electrons. The van der Waals surface area contributed by atoms with Crippen molar-refractivity contribution in [1.82, 2.24) is 4.90 Å². The van der Waals surface area contributed by atoms with Gasteiger partial charge in [0, 0.05) is 19.2 Å². The molecule has 0 aromatic heterocycles. The number of amides is 2. The Kier molecular flexibility index (Phi) is 3.12. The first-order valence-corrected chi connectivity index (χ1v) is 5.38. The second-order valence-electron chi connectivity index (χ2n) is 3.98. The summed E-state index contributed by atoms with van der Waals surface area (Å²) in [6.45, 7) is 1.29. The maximum atomic E-state index is 13.4. The standard InChI is InChI=1S/C11H13F2N3O/c12-7-5-8(13)10(9(14)6-7)15-11(17)16-3-1-2-4-16/h5-6H,1-4,14H2,(H,15,17). The van der Waals surface area contributed by atoms with Crippen LogP contribution >= 0.6 is 0 Å². The molecule has 0 bridgehead atoms. The van der Waals surface area contributed by atoms with Gasteiger partial charge in [-0.3, -0.25) is 0 Å². The number of carbonyl (C=O) groups excluding carboxylic acids is 1. The first kappa shape index (κ1) is 11.6. The van der Waals surface area contributed by atoms with Crippen LogP contribution in [0.2, 0.25) is 0 Å². The van der Waals surface area contributed by atoms with E-state index in [1.165, 1.54) is 0 Å². The smallest absolute Gasteiger partial charge is 0.321 e. The van der Waals surface area contributed by atoms with Crippen LogP contribution in [0.5, 0.6) is 0 Å². The Bertz CT molecular complexity index is 421. The monoisotopic (exact) mass is 241 g/mol. The Hall–Kier alpha value is -1.85. The van der Waals surface area contributed by atoms with Crippen molar-refractivity contribution in [2.24, 2.45) is 0 Å². The van der Waals surface area contributed by atoms with Crippen LogP contribution < -0.4 is 11.1 Å². The van der Waals surface area contributed by atoms with Crippen molar-refractivity contribution in [3.05, 3.63) is 23.8 Å². The Morgan fingerprint density at radius 3 is 2.53 bits per heavy atom. The van der Waals surface area contributed by atoms with Gasteiger partial charge in [-0.1, -0.05) is 0 Å². The summed E-state index contributed by atoms with van der Waals surface area (Å²) in [5.41, 5.74) is 5.18. The average molecular weight is 241 g/mol. The van der Waals surface area contributed by atoms with Crippen molar-refractivity contribution in [3.8, 4) is 0 Å². The topological polar surface area (TPSA) is 58.4 Å². The third-order valence-electron chi connectivity index (χ3n) is 2.71. The molecular weight excluding hydrogens is 228 g/mol. The normalized spacial score (nSPS) is 15.1. The van der Waals surface area contributed by atoms with Crippen molar-refractivity contribution in [2.75, 3.05) is 24.1 Å². The molecule has 1 aliphatic heterocycles. The molecule has 4 nitrogen and oxygen atoms in total. The third kappa shape index (κ3) is 2.46. The predicted molar refractivity (Wildman–Crippen MR) is 60.6 cm³/mol. The van der Waals surface area contributed by atoms with Gasteiger partial charge in [-0.05, 0) is 18.9 Å². The highest BCUT2D eigenvalue weighted by Gasteiger charge is 2.20. The molecule has 0 aliphatic carbocycles. The number of likely N-dealkylation sites (tertiary alicyclic amines) is 1. The van der Waals surface area contributed by atoms with Gasteiger partial charge in [0.05, 0.1) is 5.69 Å². The number of nitrogens with zero attached hydrogens (tertiary/aromatic N) is 1. The van der Waals surface area contributed by atoms with Crippen molar-refractivity contribution in [3.63, 3.8) is 0 Å². The van der Waals surface area contributed by atoms with Crippen molar-refractivity contribution in [2.45, 2.75) is 12.8 Å². The van der Waals surface area contributed by atoms with Crippen LogP contribution in [0.4, 0.5) is 25.0 Å². The van der Waals surface area contributed by atoms with Gasteiger partial charge in [-0.25, -0.2) is 13.6 Å². The number of hydrogen-bond acceptors (Lipinski definition) is 2. The number of hydrogen-bond donors (Lipinski definition) is 2. The molecule has 17 heavy (non-hydrogen) atoms. The van der Waals surface area contributed by atoms with E-state index in [4.69, 9.17) is 5.73 Å². The molecular formula is C11H13F2N3O. The number of nitrogen functional groups attached to an aromatic ring is 1. The third-order valence-corrected chi connectivity index (χ3v) is 2.71. The summed E-state index contributed by atoms with van der Waals surface area (Å²) in [5.74, 6) is -1.63. The number of nitrogens with two attached hydrogens (primary N) is 1. The van der Waals surface area contributed by atoms with E-state index in [0.717, 1.165) is 18.9 Å². The van der Waals surface area contributed by atoms with Crippen LogP contribution in [0.1, 0.15) is 12.8 Å². The lowest BCUT2D eigenvalue weighted by molar-refractivity contribution is 0.222. The van der Waals surface area contributed by atoms with Gasteiger partial charge in [0.25, 0.3) is 0 Å². The highest BCUT2D eigenvalue weighted by atomic mass is 19.1. The number of nitrogens with one attached hydrogen (secondary N) is 1. The fraction of sp³-hybridized carbons (Fsp3) is 0.364. The van der Waals surface area contributed by atoms with Crippen LogP contribution in [0.25, 0.3) is 0 Å². The lowest BCUT2D eigenvalue weighted by atomic mass is 10.2. The minimum atomic E-state index is -0.866. The number of halogens is 2. The van der Waals surface area contributed by atoms with E-state index in [0.29, 0.717) is 19.2 Å². The molecule has 1 heterocycles. The van der Waals surface area contributed by atoms with E-state index in [1.807, 2.05) is 0 Å². The van der Waals surface area contributed by atoms with Crippen LogP contribution in [0, 0.1) is 11.6 Å². The van der Waals surface area contributed by atoms with Gasteiger partial charge in [0.1, 0.15) is 11.5 Å². The Morgan fingerprint density at radius 1 is 1.29 bits per heavy atom. The lowest BCUT2D eigenvalue weighted by Crippen LogP contribution is -2.32. The Balaban J connectivity index is 2.15. The quantitative estimate of drug-likeness (QED) is 0.740. The van der Waals surface area contributed by atoms with E-state index in [-0.39, 0.29) is 11.4 Å². The van der Waals surface area contributed by atoms with Crippen LogP contribution in [0.15, 0.2) is 12.1 Å². The summed E-state index contributed by atoms with van der Waals surface area (Å²) in [6, 6.07) is 1.26. The largest absolute Gasteiger partial charge is 0.397 e. The van der Waals surface area contributed by atoms with E-state index in [2.05, 4.69) is 5.32 Å². The van der Waals surface area contributed by atoms with Crippen molar-refractivity contribution in [1.29, 1.82) is 0 Å². The van der Waals surface area contributed by atoms with E-state index in [9.17, 15) is 13.6 Å². The van der Waals surface area contributed by atoms with Crippen LogP contribution in [-0.4, -0.2) is 24.0 Å². The fourth-order valence-corrected chi connectivity index (χ4v) is 1.83. The highest BCUT2D eigenvalue weighted by Crippen LogP contribution is 2.24. The molecule has 2 amide bonds. The number of rotatable bonds is 1. The zero-order valence-electron chi connectivity index (χ0n) is 9.17. The molecule has 3 N–H and O–H groups in total. The summed E-state index contributed by atoms with van der Waals surface area (Å²) in [7, 11) is 0. The Labute approximate surface area is 97.4 Å². The van der Waals surface area contributed by atoms with Gasteiger partial charge in [-0.15, -0.1) is 0 Å². The summed E-state index contributed by atoms with van der Waals surface area (Å²) in [6.07, 6.45) is 1.88. The van der Waals surface area contributed by atoms with Gasteiger partial charge < -0.3 is 16.0 Å². The first-order valence-electron chi connectivity index (χ1n) is 5.38. The number of urea groups is 1. The molecule has 1 fully saturated rings. The summed E-state index contributed by atoms with van der Waals surface area (Å²) >= 11 is 0. The maximum Gasteiger partial charge on any atom is 0.321 e. The molecule has 1 saturated heterocycles. The van der Waals surface area contributed by atoms with Crippen molar-refractivity contribution < 1.29 is 13.6 Å². The molecule has 92 valence electrons. The van der Waals surface area contributed by atoms with Gasteiger partial charge in [0.15, 0.2) is 5.82 Å². The molecule has 1 aromatic rings. The van der Waals surface area contributed by atoms with Crippen LogP contribution in [-0.2, 0) is 0 Å². The molecule has 1 aliphatic rings. The van der Waals surface area contributed by atoms with Gasteiger partial charge in [0.2, 0.25) is 0 Å². The van der Waals surface area contributed by atoms with Gasteiger partial charge in [-0.2, -0.15) is 0 Å². The number of benzene rings is 1. The number of anilines is 2. The molecule has 1 aromatic carbocycles. The Morgan fingerprint density at radius 2 is 1.94 bits per heavy atom. The lowest BCUT2D eigenvalue weighted by Gasteiger charge is -2.17. The van der Waals surface area contributed by atoms with Crippen molar-refractivity contribution >= 4 is 17.4 Å². The zero-order chi connectivity index (χ0) is 12.4. The molecule has 0 unspecified atom stereocenters. The average Bonchev–Trinajstić information content (AvgIpc) is 2.76. The molecule has 2 rings (SSSR count). The molecule has 0 atom stereocenters.